The maximum Gasteiger partial charge on any atom is 0.154 e. The molecule has 2 N–H and O–H groups in total. The third kappa shape index (κ3) is 0.756. The standard InChI is InChI=1S/C7H8N4/c1-11-5-2-3-9-7(5)10-4-6(11)8/h2-4,8-9H,1H3. The highest BCUT2D eigenvalue weighted by Crippen LogP contribution is 2.03. The molecule has 0 amide bonds. The van der Waals surface area contributed by atoms with Crippen LogP contribution in [-0.2, 0) is 7.05 Å². The molecule has 56 valence electrons. The van der Waals surface area contributed by atoms with Crippen LogP contribution in [0.5, 0.6) is 0 Å². The summed E-state index contributed by atoms with van der Waals surface area (Å²) in [5, 5.41) is 7.43. The summed E-state index contributed by atoms with van der Waals surface area (Å²) in [7, 11) is 1.85. The topological polar surface area (TPSA) is 57.5 Å². The minimum absolute atomic E-state index is 0.414. The van der Waals surface area contributed by atoms with E-state index >= 15 is 0 Å². The summed E-state index contributed by atoms with van der Waals surface area (Å²) in [6.07, 6.45) is 3.34. The summed E-state index contributed by atoms with van der Waals surface area (Å²) in [5.74, 6) is 0. The zero-order valence-corrected chi connectivity index (χ0v) is 6.13. The van der Waals surface area contributed by atoms with E-state index in [0.717, 1.165) is 11.2 Å². The molecular formula is C7H8N4. The number of H-pyrrole nitrogens is 1. The van der Waals surface area contributed by atoms with Crippen LogP contribution >= 0.6 is 0 Å². The van der Waals surface area contributed by atoms with Gasteiger partial charge < -0.3 is 9.55 Å². The average molecular weight is 148 g/mol. The molecule has 0 saturated carbocycles. The first-order valence-corrected chi connectivity index (χ1v) is 3.33. The molecule has 0 bridgehead atoms. The lowest BCUT2D eigenvalue weighted by molar-refractivity contribution is 0.843. The van der Waals surface area contributed by atoms with E-state index in [0.29, 0.717) is 5.49 Å². The van der Waals surface area contributed by atoms with Crippen LogP contribution in [0.15, 0.2) is 18.5 Å². The molecule has 0 fully saturated rings. The van der Waals surface area contributed by atoms with Crippen molar-refractivity contribution in [3.05, 3.63) is 23.9 Å². The Morgan fingerprint density at radius 3 is 3.27 bits per heavy atom. The normalized spacial score (nSPS) is 10.6. The SMILES string of the molecule is Cn1c(=N)cnc2[nH]ccc21. The molecule has 0 atom stereocenters. The molecule has 0 aliphatic rings. The van der Waals surface area contributed by atoms with Crippen LogP contribution in [0.4, 0.5) is 0 Å². The van der Waals surface area contributed by atoms with Crippen LogP contribution in [0, 0.1) is 5.41 Å². The molecule has 4 heteroatoms. The minimum atomic E-state index is 0.414. The highest BCUT2D eigenvalue weighted by atomic mass is 15.0. The summed E-state index contributed by atoms with van der Waals surface area (Å²) in [5.41, 5.74) is 2.19. The Morgan fingerprint density at radius 1 is 1.64 bits per heavy atom. The van der Waals surface area contributed by atoms with E-state index in [9.17, 15) is 0 Å². The van der Waals surface area contributed by atoms with E-state index in [1.165, 1.54) is 6.20 Å². The number of rotatable bonds is 0. The van der Waals surface area contributed by atoms with E-state index in [-0.39, 0.29) is 0 Å². The van der Waals surface area contributed by atoms with Gasteiger partial charge in [-0.1, -0.05) is 0 Å². The lowest BCUT2D eigenvalue weighted by Gasteiger charge is -1.97. The second kappa shape index (κ2) is 1.95. The predicted octanol–water partition coefficient (Wildman–Crippen LogP) is 0.381. The maximum atomic E-state index is 7.43. The van der Waals surface area contributed by atoms with Gasteiger partial charge in [-0.05, 0) is 6.07 Å². The summed E-state index contributed by atoms with van der Waals surface area (Å²) in [6.45, 7) is 0. The Hall–Kier alpha value is -1.58. The number of aromatic nitrogens is 3. The van der Waals surface area contributed by atoms with Crippen LogP contribution in [-0.4, -0.2) is 14.5 Å². The van der Waals surface area contributed by atoms with E-state index in [2.05, 4.69) is 9.97 Å². The number of nitrogens with zero attached hydrogens (tertiary/aromatic N) is 2. The monoisotopic (exact) mass is 148 g/mol. The fourth-order valence-electron chi connectivity index (χ4n) is 1.07. The molecule has 0 aliphatic heterocycles. The number of hydrogen-bond donors (Lipinski definition) is 2. The first-order chi connectivity index (χ1) is 5.29. The van der Waals surface area contributed by atoms with Gasteiger partial charge in [0.2, 0.25) is 0 Å². The molecule has 2 aromatic heterocycles. The summed E-state index contributed by atoms with van der Waals surface area (Å²) in [4.78, 5) is 7.01. The van der Waals surface area contributed by atoms with Gasteiger partial charge in [0.15, 0.2) is 5.65 Å². The van der Waals surface area contributed by atoms with Gasteiger partial charge in [0, 0.05) is 13.2 Å². The number of fused-ring (bicyclic) bond motifs is 1. The van der Waals surface area contributed by atoms with Crippen molar-refractivity contribution in [3.63, 3.8) is 0 Å². The van der Waals surface area contributed by atoms with E-state index < -0.39 is 0 Å². The highest BCUT2D eigenvalue weighted by Gasteiger charge is 1.96. The number of hydrogen-bond acceptors (Lipinski definition) is 2. The molecule has 0 unspecified atom stereocenters. The third-order valence-electron chi connectivity index (χ3n) is 1.74. The molecule has 2 rings (SSSR count). The Labute approximate surface area is 63.0 Å². The Bertz CT molecular complexity index is 437. The molecule has 0 radical (unpaired) electrons. The molecule has 0 spiro atoms. The van der Waals surface area contributed by atoms with Gasteiger partial charge >= 0.3 is 0 Å². The third-order valence-corrected chi connectivity index (χ3v) is 1.74. The molecule has 2 heterocycles. The first-order valence-electron chi connectivity index (χ1n) is 3.33. The van der Waals surface area contributed by atoms with Crippen molar-refractivity contribution in [2.24, 2.45) is 7.05 Å². The van der Waals surface area contributed by atoms with Gasteiger partial charge in [0.25, 0.3) is 0 Å². The Balaban J connectivity index is 3.04. The number of aromatic amines is 1. The molecule has 0 aromatic carbocycles. The number of nitrogens with one attached hydrogen (secondary N) is 2. The second-order valence-electron chi connectivity index (χ2n) is 2.41. The van der Waals surface area contributed by atoms with Crippen LogP contribution in [0.25, 0.3) is 11.2 Å². The molecular weight excluding hydrogens is 140 g/mol. The zero-order valence-electron chi connectivity index (χ0n) is 6.13. The average Bonchev–Trinajstić information content (AvgIpc) is 2.45. The van der Waals surface area contributed by atoms with Gasteiger partial charge in [-0.15, -0.1) is 0 Å². The first kappa shape index (κ1) is 6.15. The van der Waals surface area contributed by atoms with Crippen molar-refractivity contribution in [1.82, 2.24) is 14.5 Å². The quantitative estimate of drug-likeness (QED) is 0.557. The molecule has 0 aliphatic carbocycles. The van der Waals surface area contributed by atoms with Gasteiger partial charge in [-0.3, -0.25) is 5.41 Å². The molecule has 2 aromatic rings. The Morgan fingerprint density at radius 2 is 2.45 bits per heavy atom. The van der Waals surface area contributed by atoms with Crippen molar-refractivity contribution in [2.75, 3.05) is 0 Å². The van der Waals surface area contributed by atoms with Crippen LogP contribution < -0.4 is 5.49 Å². The van der Waals surface area contributed by atoms with Crippen LogP contribution in [0.3, 0.4) is 0 Å². The van der Waals surface area contributed by atoms with Gasteiger partial charge in [-0.25, -0.2) is 4.98 Å². The summed E-state index contributed by atoms with van der Waals surface area (Å²) in [6, 6.07) is 1.90. The fourth-order valence-corrected chi connectivity index (χ4v) is 1.07. The van der Waals surface area contributed by atoms with Gasteiger partial charge in [-0.2, -0.15) is 0 Å². The van der Waals surface area contributed by atoms with Crippen LogP contribution in [0.2, 0.25) is 0 Å². The van der Waals surface area contributed by atoms with E-state index in [4.69, 9.17) is 5.41 Å². The van der Waals surface area contributed by atoms with Crippen molar-refractivity contribution < 1.29 is 0 Å². The molecule has 11 heavy (non-hydrogen) atoms. The van der Waals surface area contributed by atoms with Crippen LogP contribution in [0.1, 0.15) is 0 Å². The number of aryl methyl sites for hydroxylation is 1. The lowest BCUT2D eigenvalue weighted by Crippen LogP contribution is -2.16. The summed E-state index contributed by atoms with van der Waals surface area (Å²) < 4.78 is 1.78. The van der Waals surface area contributed by atoms with Crippen molar-refractivity contribution in [3.8, 4) is 0 Å². The van der Waals surface area contributed by atoms with Crippen molar-refractivity contribution in [2.45, 2.75) is 0 Å². The molecule has 4 nitrogen and oxygen atoms in total. The Kier molecular flexibility index (Phi) is 1.09. The molecule has 0 saturated heterocycles. The van der Waals surface area contributed by atoms with Gasteiger partial charge in [0.05, 0.1) is 11.7 Å². The smallest absolute Gasteiger partial charge is 0.154 e. The highest BCUT2D eigenvalue weighted by molar-refractivity contribution is 5.70. The van der Waals surface area contributed by atoms with Crippen molar-refractivity contribution >= 4 is 11.2 Å². The predicted molar refractivity (Wildman–Crippen MR) is 40.9 cm³/mol. The van der Waals surface area contributed by atoms with E-state index in [1.54, 1.807) is 4.57 Å². The fraction of sp³-hybridized carbons (Fsp3) is 0.143. The second-order valence-corrected chi connectivity index (χ2v) is 2.41. The summed E-state index contributed by atoms with van der Waals surface area (Å²) >= 11 is 0. The minimum Gasteiger partial charge on any atom is -0.345 e. The largest absolute Gasteiger partial charge is 0.345 e. The van der Waals surface area contributed by atoms with E-state index in [1.807, 2.05) is 19.3 Å². The maximum absolute atomic E-state index is 7.43. The van der Waals surface area contributed by atoms with Crippen molar-refractivity contribution in [1.29, 1.82) is 5.41 Å². The zero-order chi connectivity index (χ0) is 7.84. The lowest BCUT2D eigenvalue weighted by atomic mass is 10.5. The van der Waals surface area contributed by atoms with Gasteiger partial charge in [0.1, 0.15) is 5.49 Å².